The minimum Gasteiger partial charge on any atom is -0.454 e. The van der Waals surface area contributed by atoms with Gasteiger partial charge in [-0.05, 0) is 0 Å². The van der Waals surface area contributed by atoms with Crippen molar-refractivity contribution in [3.05, 3.63) is 7.05 Å². The van der Waals surface area contributed by atoms with Gasteiger partial charge >= 0.3 is 0 Å². The number of likely N-dealkylation sites (tertiary alicyclic amines) is 1. The third-order valence-corrected chi connectivity index (χ3v) is 1.64. The van der Waals surface area contributed by atoms with E-state index in [1.165, 1.54) is 0 Å². The number of hydrogen-bond donors (Lipinski definition) is 1. The van der Waals surface area contributed by atoms with Crippen molar-refractivity contribution in [1.82, 2.24) is 0 Å². The highest BCUT2D eigenvalue weighted by molar-refractivity contribution is 4.84. The molecule has 44 valence electrons. The van der Waals surface area contributed by atoms with Gasteiger partial charge in [-0.1, -0.05) is 0 Å². The maximum absolute atomic E-state index is 8.43. The summed E-state index contributed by atoms with van der Waals surface area (Å²) in [4.78, 5) is 1.13. The number of quaternary nitrogens is 1. The van der Waals surface area contributed by atoms with E-state index in [0.29, 0.717) is 0 Å². The molecule has 0 aliphatic carbocycles. The zero-order valence-electron chi connectivity index (χ0n) is 4.85. The van der Waals surface area contributed by atoms with Crippen molar-refractivity contribution in [3.63, 3.8) is 0 Å². The van der Waals surface area contributed by atoms with Crippen LogP contribution in [0.5, 0.6) is 0 Å². The largest absolute Gasteiger partial charge is 0.454 e. The van der Waals surface area contributed by atoms with E-state index in [-0.39, 0.29) is 6.04 Å². The summed E-state index contributed by atoms with van der Waals surface area (Å²) in [5.74, 6) is 0. The van der Waals surface area contributed by atoms with Crippen molar-refractivity contribution < 1.29 is 4.90 Å². The van der Waals surface area contributed by atoms with E-state index in [1.807, 2.05) is 0 Å². The molecule has 1 unspecified atom stereocenters. The van der Waals surface area contributed by atoms with Crippen molar-refractivity contribution in [1.29, 1.82) is 5.26 Å². The molecule has 0 amide bonds. The van der Waals surface area contributed by atoms with Gasteiger partial charge in [-0.25, -0.2) is 0 Å². The van der Waals surface area contributed by atoms with E-state index in [9.17, 15) is 0 Å². The van der Waals surface area contributed by atoms with E-state index in [4.69, 9.17) is 5.26 Å². The van der Waals surface area contributed by atoms with E-state index >= 15 is 0 Å². The van der Waals surface area contributed by atoms with Crippen molar-refractivity contribution in [3.8, 4) is 6.07 Å². The third-order valence-electron chi connectivity index (χ3n) is 1.64. The van der Waals surface area contributed by atoms with Crippen LogP contribution in [0.3, 0.4) is 0 Å². The molecule has 1 heterocycles. The average Bonchev–Trinajstić information content (AvgIpc) is 2.14. The van der Waals surface area contributed by atoms with Crippen LogP contribution >= 0.6 is 0 Å². The highest BCUT2D eigenvalue weighted by Crippen LogP contribution is 1.96. The molecular weight excluding hydrogens is 100 g/mol. The SMILES string of the molecule is [CH2-][NH+]1CCC[C@@H]1C#N. The van der Waals surface area contributed by atoms with E-state index in [2.05, 4.69) is 13.1 Å². The lowest BCUT2D eigenvalue weighted by molar-refractivity contribution is -0.857. The maximum atomic E-state index is 8.43. The maximum Gasteiger partial charge on any atom is 0.151 e. The molecule has 0 aromatic heterocycles. The molecule has 0 radical (unpaired) electrons. The van der Waals surface area contributed by atoms with Crippen LogP contribution in [0.4, 0.5) is 0 Å². The number of nitriles is 1. The van der Waals surface area contributed by atoms with Crippen molar-refractivity contribution in [2.45, 2.75) is 18.9 Å². The first-order valence-electron chi connectivity index (χ1n) is 2.92. The third kappa shape index (κ3) is 0.823. The minimum atomic E-state index is 0.176. The lowest BCUT2D eigenvalue weighted by atomic mass is 10.2. The van der Waals surface area contributed by atoms with Crippen molar-refractivity contribution in [2.24, 2.45) is 0 Å². The number of hydrogen-bond acceptors (Lipinski definition) is 1. The van der Waals surface area contributed by atoms with Gasteiger partial charge in [0.15, 0.2) is 6.04 Å². The Labute approximate surface area is 49.7 Å². The van der Waals surface area contributed by atoms with Crippen LogP contribution in [0.1, 0.15) is 12.8 Å². The van der Waals surface area contributed by atoms with Crippen LogP contribution in [0.2, 0.25) is 0 Å². The Morgan fingerprint density at radius 2 is 2.50 bits per heavy atom. The Morgan fingerprint density at radius 1 is 1.75 bits per heavy atom. The van der Waals surface area contributed by atoms with Gasteiger partial charge in [-0.2, -0.15) is 5.26 Å². The molecular formula is C6H10N2. The first kappa shape index (κ1) is 5.58. The Kier molecular flexibility index (Phi) is 1.50. The van der Waals surface area contributed by atoms with Crippen molar-refractivity contribution >= 4 is 0 Å². The smallest absolute Gasteiger partial charge is 0.151 e. The molecule has 2 nitrogen and oxygen atoms in total. The summed E-state index contributed by atoms with van der Waals surface area (Å²) in [7, 11) is 3.78. The molecule has 1 aliphatic heterocycles. The summed E-state index contributed by atoms with van der Waals surface area (Å²) in [5.41, 5.74) is 0. The fourth-order valence-electron chi connectivity index (χ4n) is 1.07. The zero-order chi connectivity index (χ0) is 5.98. The zero-order valence-corrected chi connectivity index (χ0v) is 4.85. The topological polar surface area (TPSA) is 28.2 Å². The highest BCUT2D eigenvalue weighted by Gasteiger charge is 2.19. The standard InChI is InChI=1S/C6H10N2/c1-8-4-2-3-6(8)5-7/h6,8H,1-4H2/t6-/m1/s1. The Hall–Kier alpha value is -0.550. The number of nitrogens with zero attached hydrogens (tertiary/aromatic N) is 1. The predicted molar refractivity (Wildman–Crippen MR) is 29.8 cm³/mol. The highest BCUT2D eigenvalue weighted by atomic mass is 15.1. The van der Waals surface area contributed by atoms with Crippen LogP contribution in [0, 0.1) is 18.4 Å². The lowest BCUT2D eigenvalue weighted by Crippen LogP contribution is -3.08. The minimum absolute atomic E-state index is 0.176. The van der Waals surface area contributed by atoms with Crippen LogP contribution in [0.25, 0.3) is 0 Å². The van der Waals surface area contributed by atoms with Gasteiger partial charge in [-0.3, -0.25) is 0 Å². The molecule has 0 aromatic carbocycles. The summed E-state index contributed by atoms with van der Waals surface area (Å²) in [6, 6.07) is 2.39. The van der Waals surface area contributed by atoms with Gasteiger partial charge in [0.1, 0.15) is 6.07 Å². The van der Waals surface area contributed by atoms with Gasteiger partial charge < -0.3 is 4.90 Å². The molecule has 0 saturated carbocycles. The Balaban J connectivity index is 2.45. The molecule has 1 fully saturated rings. The molecule has 2 atom stereocenters. The molecule has 1 saturated heterocycles. The quantitative estimate of drug-likeness (QED) is 0.412. The number of rotatable bonds is 0. The second kappa shape index (κ2) is 2.15. The monoisotopic (exact) mass is 110 g/mol. The van der Waals surface area contributed by atoms with E-state index < -0.39 is 0 Å². The summed E-state index contributed by atoms with van der Waals surface area (Å²) >= 11 is 0. The summed E-state index contributed by atoms with van der Waals surface area (Å²) in [6.07, 6.45) is 2.20. The summed E-state index contributed by atoms with van der Waals surface area (Å²) in [5, 5.41) is 8.43. The summed E-state index contributed by atoms with van der Waals surface area (Å²) < 4.78 is 0. The average molecular weight is 110 g/mol. The lowest BCUT2D eigenvalue weighted by Gasteiger charge is -2.15. The molecule has 1 aliphatic rings. The van der Waals surface area contributed by atoms with E-state index in [0.717, 1.165) is 24.3 Å². The summed E-state index contributed by atoms with van der Waals surface area (Å²) in [6.45, 7) is 1.07. The fraction of sp³-hybridized carbons (Fsp3) is 0.667. The Morgan fingerprint density at radius 3 is 2.75 bits per heavy atom. The molecule has 0 bridgehead atoms. The fourth-order valence-corrected chi connectivity index (χ4v) is 1.07. The van der Waals surface area contributed by atoms with Crippen LogP contribution in [-0.2, 0) is 0 Å². The van der Waals surface area contributed by atoms with Gasteiger partial charge in [0.2, 0.25) is 0 Å². The van der Waals surface area contributed by atoms with Crippen molar-refractivity contribution in [2.75, 3.05) is 6.54 Å². The van der Waals surface area contributed by atoms with Crippen LogP contribution in [0.15, 0.2) is 0 Å². The molecule has 1 N–H and O–H groups in total. The molecule has 0 aromatic rings. The van der Waals surface area contributed by atoms with Gasteiger partial charge in [0, 0.05) is 12.8 Å². The van der Waals surface area contributed by atoms with E-state index in [1.54, 1.807) is 0 Å². The first-order valence-corrected chi connectivity index (χ1v) is 2.92. The Bertz CT molecular complexity index is 114. The van der Waals surface area contributed by atoms with Gasteiger partial charge in [0.05, 0.1) is 6.54 Å². The normalized spacial score (nSPS) is 37.0. The van der Waals surface area contributed by atoms with Gasteiger partial charge in [0.25, 0.3) is 0 Å². The second-order valence-corrected chi connectivity index (χ2v) is 2.23. The molecule has 1 rings (SSSR count). The van der Waals surface area contributed by atoms with Crippen LogP contribution < -0.4 is 4.90 Å². The predicted octanol–water partition coefficient (Wildman–Crippen LogP) is -0.651. The second-order valence-electron chi connectivity index (χ2n) is 2.23. The molecule has 0 spiro atoms. The first-order chi connectivity index (χ1) is 3.84. The van der Waals surface area contributed by atoms with Gasteiger partial charge in [-0.15, -0.1) is 7.05 Å². The number of nitrogens with one attached hydrogen (secondary N) is 1. The molecule has 2 heteroatoms. The molecule has 8 heavy (non-hydrogen) atoms. The van der Waals surface area contributed by atoms with Crippen LogP contribution in [-0.4, -0.2) is 12.6 Å².